The SMILES string of the molecule is COC1(CNc2nc(C(F)(F)F)cs2)CCOCC1. The van der Waals surface area contributed by atoms with Crippen molar-refractivity contribution in [1.82, 2.24) is 4.98 Å². The fraction of sp³-hybridized carbons (Fsp3) is 0.727. The van der Waals surface area contributed by atoms with Crippen molar-refractivity contribution in [3.05, 3.63) is 11.1 Å². The number of rotatable bonds is 4. The van der Waals surface area contributed by atoms with Gasteiger partial charge in [0.05, 0.1) is 5.60 Å². The first-order chi connectivity index (χ1) is 8.95. The molecule has 0 saturated carbocycles. The molecule has 1 aliphatic heterocycles. The Morgan fingerprint density at radius 2 is 2.16 bits per heavy atom. The molecule has 4 nitrogen and oxygen atoms in total. The molecule has 0 aromatic carbocycles. The summed E-state index contributed by atoms with van der Waals surface area (Å²) in [5.74, 6) is 0. The number of hydrogen-bond acceptors (Lipinski definition) is 5. The molecule has 2 rings (SSSR count). The van der Waals surface area contributed by atoms with Gasteiger partial charge in [0.15, 0.2) is 10.8 Å². The van der Waals surface area contributed by atoms with Gasteiger partial charge >= 0.3 is 6.18 Å². The molecule has 1 aromatic heterocycles. The van der Waals surface area contributed by atoms with Crippen molar-refractivity contribution in [2.45, 2.75) is 24.6 Å². The zero-order valence-electron chi connectivity index (χ0n) is 10.4. The lowest BCUT2D eigenvalue weighted by atomic mass is 9.94. The van der Waals surface area contributed by atoms with Crippen LogP contribution in [0.4, 0.5) is 18.3 Å². The number of ether oxygens (including phenoxy) is 2. The van der Waals surface area contributed by atoms with Crippen LogP contribution in [0.15, 0.2) is 5.38 Å². The molecular weight excluding hydrogens is 281 g/mol. The second-order valence-corrected chi connectivity index (χ2v) is 5.25. The van der Waals surface area contributed by atoms with Crippen LogP contribution in [-0.4, -0.2) is 37.5 Å². The third-order valence-electron chi connectivity index (χ3n) is 3.19. The zero-order chi connectivity index (χ0) is 13.9. The quantitative estimate of drug-likeness (QED) is 0.928. The molecule has 0 radical (unpaired) electrons. The average Bonchev–Trinajstić information content (AvgIpc) is 2.86. The Balaban J connectivity index is 1.96. The first-order valence-corrected chi connectivity index (χ1v) is 6.73. The van der Waals surface area contributed by atoms with E-state index in [2.05, 4.69) is 10.3 Å². The molecule has 1 fully saturated rings. The third-order valence-corrected chi connectivity index (χ3v) is 3.99. The number of aromatic nitrogens is 1. The molecule has 0 spiro atoms. The maximum Gasteiger partial charge on any atom is 0.434 e. The Morgan fingerprint density at radius 3 is 2.68 bits per heavy atom. The molecule has 0 atom stereocenters. The number of nitrogens with one attached hydrogen (secondary N) is 1. The van der Waals surface area contributed by atoms with Crippen LogP contribution in [0.5, 0.6) is 0 Å². The number of alkyl halides is 3. The van der Waals surface area contributed by atoms with E-state index in [0.29, 0.717) is 32.6 Å². The number of nitrogens with zero attached hydrogens (tertiary/aromatic N) is 1. The minimum atomic E-state index is -4.39. The summed E-state index contributed by atoms with van der Waals surface area (Å²) in [7, 11) is 1.61. The summed E-state index contributed by atoms with van der Waals surface area (Å²) in [6, 6.07) is 0. The van der Waals surface area contributed by atoms with Crippen LogP contribution in [0.2, 0.25) is 0 Å². The molecule has 108 valence electrons. The van der Waals surface area contributed by atoms with Crippen molar-refractivity contribution < 1.29 is 22.6 Å². The fourth-order valence-electron chi connectivity index (χ4n) is 1.92. The summed E-state index contributed by atoms with van der Waals surface area (Å²) in [5.41, 5.74) is -1.25. The summed E-state index contributed by atoms with van der Waals surface area (Å²) in [4.78, 5) is 3.53. The molecule has 0 bridgehead atoms. The maximum atomic E-state index is 12.4. The van der Waals surface area contributed by atoms with E-state index in [1.807, 2.05) is 0 Å². The van der Waals surface area contributed by atoms with Gasteiger partial charge in [-0.15, -0.1) is 11.3 Å². The van der Waals surface area contributed by atoms with Crippen molar-refractivity contribution >= 4 is 16.5 Å². The van der Waals surface area contributed by atoms with Crippen molar-refractivity contribution in [1.29, 1.82) is 0 Å². The molecule has 0 amide bonds. The third kappa shape index (κ3) is 3.58. The lowest BCUT2D eigenvalue weighted by Gasteiger charge is -2.35. The number of hydrogen-bond donors (Lipinski definition) is 1. The van der Waals surface area contributed by atoms with E-state index in [1.54, 1.807) is 7.11 Å². The van der Waals surface area contributed by atoms with Gasteiger partial charge in [0.25, 0.3) is 0 Å². The summed E-state index contributed by atoms with van der Waals surface area (Å²) >= 11 is 0.945. The van der Waals surface area contributed by atoms with Gasteiger partial charge < -0.3 is 14.8 Å². The van der Waals surface area contributed by atoms with Crippen LogP contribution in [0.3, 0.4) is 0 Å². The summed E-state index contributed by atoms with van der Waals surface area (Å²) in [6.45, 7) is 1.63. The maximum absolute atomic E-state index is 12.4. The number of methoxy groups -OCH3 is 1. The number of anilines is 1. The van der Waals surface area contributed by atoms with Gasteiger partial charge in [-0.3, -0.25) is 0 Å². The monoisotopic (exact) mass is 296 g/mol. The van der Waals surface area contributed by atoms with Crippen LogP contribution in [0.25, 0.3) is 0 Å². The van der Waals surface area contributed by atoms with Crippen LogP contribution < -0.4 is 5.32 Å². The molecular formula is C11H15F3N2O2S. The second kappa shape index (κ2) is 5.64. The van der Waals surface area contributed by atoms with Gasteiger partial charge in [-0.1, -0.05) is 0 Å². The normalized spacial score (nSPS) is 19.4. The molecule has 1 aliphatic rings. The minimum Gasteiger partial charge on any atom is -0.381 e. The van der Waals surface area contributed by atoms with Crippen LogP contribution in [0, 0.1) is 0 Å². The second-order valence-electron chi connectivity index (χ2n) is 4.39. The van der Waals surface area contributed by atoms with Gasteiger partial charge in [-0.05, 0) is 0 Å². The summed E-state index contributed by atoms with van der Waals surface area (Å²) in [5, 5.41) is 4.19. The summed E-state index contributed by atoms with van der Waals surface area (Å²) < 4.78 is 48.0. The predicted molar refractivity (Wildman–Crippen MR) is 65.4 cm³/mol. The summed E-state index contributed by atoms with van der Waals surface area (Å²) in [6.07, 6.45) is -2.96. The lowest BCUT2D eigenvalue weighted by molar-refractivity contribution is -0.140. The van der Waals surface area contributed by atoms with Gasteiger partial charge in [0.2, 0.25) is 0 Å². The van der Waals surface area contributed by atoms with Crippen molar-refractivity contribution in [3.63, 3.8) is 0 Å². The molecule has 2 heterocycles. The van der Waals surface area contributed by atoms with E-state index in [4.69, 9.17) is 9.47 Å². The zero-order valence-corrected chi connectivity index (χ0v) is 11.2. The molecule has 1 aromatic rings. The minimum absolute atomic E-state index is 0.259. The Labute approximate surface area is 112 Å². The highest BCUT2D eigenvalue weighted by Gasteiger charge is 2.35. The van der Waals surface area contributed by atoms with Crippen LogP contribution in [-0.2, 0) is 15.7 Å². The highest BCUT2D eigenvalue weighted by atomic mass is 32.1. The van der Waals surface area contributed by atoms with Crippen LogP contribution >= 0.6 is 11.3 Å². The molecule has 1 N–H and O–H groups in total. The van der Waals surface area contributed by atoms with Crippen molar-refractivity contribution in [2.75, 3.05) is 32.2 Å². The first-order valence-electron chi connectivity index (χ1n) is 5.85. The Bertz CT molecular complexity index is 416. The highest BCUT2D eigenvalue weighted by molar-refractivity contribution is 7.13. The van der Waals surface area contributed by atoms with E-state index >= 15 is 0 Å². The number of thiazole rings is 1. The van der Waals surface area contributed by atoms with Gasteiger partial charge in [-0.2, -0.15) is 13.2 Å². The Kier molecular flexibility index (Phi) is 4.32. The van der Waals surface area contributed by atoms with E-state index < -0.39 is 11.9 Å². The average molecular weight is 296 g/mol. The predicted octanol–water partition coefficient (Wildman–Crippen LogP) is 2.77. The Hall–Kier alpha value is -0.860. The van der Waals surface area contributed by atoms with Gasteiger partial charge in [-0.25, -0.2) is 4.98 Å². The smallest absolute Gasteiger partial charge is 0.381 e. The van der Waals surface area contributed by atoms with E-state index in [1.165, 1.54) is 0 Å². The number of halogens is 3. The standard InChI is InChI=1S/C11H15F3N2O2S/c1-17-10(2-4-18-5-3-10)7-15-9-16-8(6-19-9)11(12,13)14/h6H,2-5,7H2,1H3,(H,15,16). The fourth-order valence-corrected chi connectivity index (χ4v) is 2.63. The molecule has 8 heteroatoms. The highest BCUT2D eigenvalue weighted by Crippen LogP contribution is 2.32. The van der Waals surface area contributed by atoms with Gasteiger partial charge in [0.1, 0.15) is 0 Å². The van der Waals surface area contributed by atoms with Crippen molar-refractivity contribution in [2.24, 2.45) is 0 Å². The molecule has 19 heavy (non-hydrogen) atoms. The van der Waals surface area contributed by atoms with Crippen LogP contribution in [0.1, 0.15) is 18.5 Å². The van der Waals surface area contributed by atoms with Gasteiger partial charge in [0, 0.05) is 45.1 Å². The van der Waals surface area contributed by atoms with E-state index in [9.17, 15) is 13.2 Å². The lowest BCUT2D eigenvalue weighted by Crippen LogP contribution is -2.44. The Morgan fingerprint density at radius 1 is 1.47 bits per heavy atom. The topological polar surface area (TPSA) is 43.4 Å². The molecule has 1 saturated heterocycles. The molecule has 0 unspecified atom stereocenters. The molecule has 0 aliphatic carbocycles. The largest absolute Gasteiger partial charge is 0.434 e. The van der Waals surface area contributed by atoms with E-state index in [-0.39, 0.29) is 10.7 Å². The van der Waals surface area contributed by atoms with E-state index in [0.717, 1.165) is 16.7 Å². The van der Waals surface area contributed by atoms with Crippen molar-refractivity contribution in [3.8, 4) is 0 Å². The first kappa shape index (κ1) is 14.5.